The normalized spacial score (nSPS) is 24.2. The third-order valence-electron chi connectivity index (χ3n) is 5.56. The van der Waals surface area contributed by atoms with Gasteiger partial charge in [0.25, 0.3) is 5.91 Å². The molecule has 1 amide bonds. The fraction of sp³-hybridized carbons (Fsp3) is 0.579. The maximum atomic E-state index is 13.6. The molecule has 4 rings (SSSR count). The van der Waals surface area contributed by atoms with Crippen LogP contribution in [0.5, 0.6) is 6.01 Å². The average molecular weight is 424 g/mol. The summed E-state index contributed by atoms with van der Waals surface area (Å²) in [4.78, 5) is 22.7. The van der Waals surface area contributed by atoms with Crippen molar-refractivity contribution in [3.8, 4) is 6.01 Å². The Balaban J connectivity index is 1.64. The Hall–Kier alpha value is -2.85. The van der Waals surface area contributed by atoms with E-state index in [1.165, 1.54) is 19.5 Å². The van der Waals surface area contributed by atoms with Gasteiger partial charge in [-0.15, -0.1) is 0 Å². The first-order chi connectivity index (χ1) is 14.3. The number of carbonyl (C=O) groups is 1. The number of rotatable bonds is 3. The van der Waals surface area contributed by atoms with E-state index in [1.54, 1.807) is 17.9 Å². The standard InChI is InChI=1S/C19H23F3N6O2/c1-11-7-15(19(20,21)22)28-16(25-11)8-13(26-28)14-5-3-4-6-27(14)17(29)12-9-23-18(30-2)24-10-12/h8-11,14-15,25H,3-7H2,1-2H3/t11-,14?,15-/m1/s1. The van der Waals surface area contributed by atoms with Crippen LogP contribution in [0.2, 0.25) is 0 Å². The zero-order chi connectivity index (χ0) is 21.5. The molecule has 0 bridgehead atoms. The van der Waals surface area contributed by atoms with Gasteiger partial charge in [-0.25, -0.2) is 14.6 Å². The predicted octanol–water partition coefficient (Wildman–Crippen LogP) is 3.36. The molecule has 1 unspecified atom stereocenters. The Morgan fingerprint density at radius 3 is 2.67 bits per heavy atom. The number of hydrogen-bond donors (Lipinski definition) is 1. The van der Waals surface area contributed by atoms with Crippen molar-refractivity contribution < 1.29 is 22.7 Å². The molecule has 2 aromatic heterocycles. The van der Waals surface area contributed by atoms with E-state index in [-0.39, 0.29) is 24.4 Å². The van der Waals surface area contributed by atoms with Crippen molar-refractivity contribution in [2.24, 2.45) is 0 Å². The first-order valence-corrected chi connectivity index (χ1v) is 9.87. The van der Waals surface area contributed by atoms with E-state index in [0.29, 0.717) is 30.0 Å². The lowest BCUT2D eigenvalue weighted by Crippen LogP contribution is -2.39. The molecule has 1 N–H and O–H groups in total. The Bertz CT molecular complexity index is 914. The molecule has 8 nitrogen and oxygen atoms in total. The van der Waals surface area contributed by atoms with Gasteiger partial charge in [-0.3, -0.25) is 4.79 Å². The number of aromatic nitrogens is 4. The third-order valence-corrected chi connectivity index (χ3v) is 5.56. The molecule has 0 aliphatic carbocycles. The van der Waals surface area contributed by atoms with Crippen LogP contribution < -0.4 is 10.1 Å². The fourth-order valence-corrected chi connectivity index (χ4v) is 4.12. The smallest absolute Gasteiger partial charge is 0.410 e. The molecule has 2 aliphatic heterocycles. The van der Waals surface area contributed by atoms with Gasteiger partial charge in [0.15, 0.2) is 6.04 Å². The topological polar surface area (TPSA) is 85.2 Å². The second-order valence-corrected chi connectivity index (χ2v) is 7.71. The third kappa shape index (κ3) is 3.80. The number of nitrogens with one attached hydrogen (secondary N) is 1. The van der Waals surface area contributed by atoms with Crippen LogP contribution >= 0.6 is 0 Å². The molecule has 3 atom stereocenters. The van der Waals surface area contributed by atoms with Crippen LogP contribution in [0.4, 0.5) is 19.0 Å². The van der Waals surface area contributed by atoms with Crippen molar-refractivity contribution >= 4 is 11.7 Å². The molecule has 0 radical (unpaired) electrons. The van der Waals surface area contributed by atoms with Gasteiger partial charge in [0, 0.05) is 31.0 Å². The van der Waals surface area contributed by atoms with Crippen LogP contribution in [-0.2, 0) is 0 Å². The number of carbonyl (C=O) groups excluding carboxylic acids is 1. The highest BCUT2D eigenvalue weighted by molar-refractivity contribution is 5.94. The molecular weight excluding hydrogens is 401 g/mol. The molecule has 162 valence electrons. The van der Waals surface area contributed by atoms with Crippen LogP contribution in [0.3, 0.4) is 0 Å². The number of methoxy groups -OCH3 is 1. The molecule has 0 aromatic carbocycles. The van der Waals surface area contributed by atoms with Crippen molar-refractivity contribution in [2.75, 3.05) is 19.0 Å². The minimum atomic E-state index is -4.39. The largest absolute Gasteiger partial charge is 0.467 e. The number of hydrogen-bond acceptors (Lipinski definition) is 6. The van der Waals surface area contributed by atoms with Crippen LogP contribution in [-0.4, -0.2) is 56.4 Å². The quantitative estimate of drug-likeness (QED) is 0.813. The minimum Gasteiger partial charge on any atom is -0.467 e. The molecule has 0 saturated carbocycles. The summed E-state index contributed by atoms with van der Waals surface area (Å²) in [5.41, 5.74) is 0.759. The van der Waals surface area contributed by atoms with Gasteiger partial charge in [-0.1, -0.05) is 0 Å². The number of likely N-dealkylation sites (tertiary alicyclic amines) is 1. The van der Waals surface area contributed by atoms with E-state index in [1.807, 2.05) is 0 Å². The summed E-state index contributed by atoms with van der Waals surface area (Å²) < 4.78 is 46.6. The Morgan fingerprint density at radius 1 is 1.27 bits per heavy atom. The van der Waals surface area contributed by atoms with Gasteiger partial charge >= 0.3 is 12.2 Å². The molecule has 1 fully saturated rings. The van der Waals surface area contributed by atoms with Crippen LogP contribution in [0.25, 0.3) is 0 Å². The predicted molar refractivity (Wildman–Crippen MR) is 101 cm³/mol. The highest BCUT2D eigenvalue weighted by Crippen LogP contribution is 2.41. The Kier molecular flexibility index (Phi) is 5.29. The van der Waals surface area contributed by atoms with Crippen LogP contribution in [0.15, 0.2) is 18.5 Å². The van der Waals surface area contributed by atoms with Gasteiger partial charge < -0.3 is 15.0 Å². The van der Waals surface area contributed by atoms with Crippen molar-refractivity contribution in [3.05, 3.63) is 29.7 Å². The number of piperidine rings is 1. The van der Waals surface area contributed by atoms with Crippen LogP contribution in [0, 0.1) is 0 Å². The molecule has 2 aromatic rings. The first-order valence-electron chi connectivity index (χ1n) is 9.87. The zero-order valence-corrected chi connectivity index (χ0v) is 16.7. The summed E-state index contributed by atoms with van der Waals surface area (Å²) in [6.45, 7) is 2.21. The Labute approximate surface area is 171 Å². The van der Waals surface area contributed by atoms with E-state index in [0.717, 1.165) is 17.5 Å². The summed E-state index contributed by atoms with van der Waals surface area (Å²) in [5.74, 6) is 0.0545. The van der Waals surface area contributed by atoms with E-state index in [9.17, 15) is 18.0 Å². The molecule has 11 heteroatoms. The second kappa shape index (κ2) is 7.77. The molecule has 4 heterocycles. The lowest BCUT2D eigenvalue weighted by Gasteiger charge is -2.34. The monoisotopic (exact) mass is 424 g/mol. The number of amides is 1. The second-order valence-electron chi connectivity index (χ2n) is 7.71. The van der Waals surface area contributed by atoms with Crippen molar-refractivity contribution in [3.63, 3.8) is 0 Å². The van der Waals surface area contributed by atoms with Gasteiger partial charge in [-0.2, -0.15) is 18.3 Å². The SMILES string of the molecule is COc1ncc(C(=O)N2CCCCC2c2cc3n(n2)[C@@H](C(F)(F)F)C[C@@H](C)N3)cn1. The number of alkyl halides is 3. The fourth-order valence-electron chi connectivity index (χ4n) is 4.12. The van der Waals surface area contributed by atoms with Gasteiger partial charge in [0.1, 0.15) is 5.82 Å². The van der Waals surface area contributed by atoms with E-state index < -0.39 is 18.3 Å². The van der Waals surface area contributed by atoms with Crippen molar-refractivity contribution in [2.45, 2.75) is 56.9 Å². The van der Waals surface area contributed by atoms with Crippen LogP contribution in [0.1, 0.15) is 60.7 Å². The first kappa shape index (κ1) is 20.4. The number of ether oxygens (including phenoxy) is 1. The number of nitrogens with zero attached hydrogens (tertiary/aromatic N) is 5. The Morgan fingerprint density at radius 2 is 2.00 bits per heavy atom. The number of halogens is 3. The van der Waals surface area contributed by atoms with E-state index >= 15 is 0 Å². The summed E-state index contributed by atoms with van der Waals surface area (Å²) in [6, 6.07) is -0.622. The summed E-state index contributed by atoms with van der Waals surface area (Å²) in [5, 5.41) is 7.37. The lowest BCUT2D eigenvalue weighted by atomic mass is 9.98. The summed E-state index contributed by atoms with van der Waals surface area (Å²) in [6.07, 6.45) is 0.605. The van der Waals surface area contributed by atoms with Gasteiger partial charge in [-0.05, 0) is 32.6 Å². The molecule has 0 spiro atoms. The van der Waals surface area contributed by atoms with Crippen molar-refractivity contribution in [1.82, 2.24) is 24.6 Å². The highest BCUT2D eigenvalue weighted by Gasteiger charge is 2.46. The van der Waals surface area contributed by atoms with Gasteiger partial charge in [0.2, 0.25) is 0 Å². The zero-order valence-electron chi connectivity index (χ0n) is 16.7. The maximum Gasteiger partial charge on any atom is 0.410 e. The summed E-state index contributed by atoms with van der Waals surface area (Å²) >= 11 is 0. The van der Waals surface area contributed by atoms with E-state index in [4.69, 9.17) is 4.74 Å². The minimum absolute atomic E-state index is 0.0892. The number of fused-ring (bicyclic) bond motifs is 1. The summed E-state index contributed by atoms with van der Waals surface area (Å²) in [7, 11) is 1.43. The highest BCUT2D eigenvalue weighted by atomic mass is 19.4. The molecule has 1 saturated heterocycles. The van der Waals surface area contributed by atoms with Gasteiger partial charge in [0.05, 0.1) is 24.4 Å². The molecule has 30 heavy (non-hydrogen) atoms. The lowest BCUT2D eigenvalue weighted by molar-refractivity contribution is -0.173. The maximum absolute atomic E-state index is 13.6. The molecular formula is C19H23F3N6O2. The molecule has 2 aliphatic rings. The number of anilines is 1. The average Bonchev–Trinajstić information content (AvgIpc) is 3.15. The van der Waals surface area contributed by atoms with E-state index in [2.05, 4.69) is 20.4 Å². The van der Waals surface area contributed by atoms with Crippen molar-refractivity contribution in [1.29, 1.82) is 0 Å².